The third kappa shape index (κ3) is 6.74. The summed E-state index contributed by atoms with van der Waals surface area (Å²) in [6.45, 7) is 7.05. The molecule has 0 saturated carbocycles. The highest BCUT2D eigenvalue weighted by Crippen LogP contribution is 2.35. The number of aliphatic carboxylic acids is 1. The van der Waals surface area contributed by atoms with Crippen LogP contribution in [0.2, 0.25) is 0 Å². The van der Waals surface area contributed by atoms with Gasteiger partial charge in [-0.05, 0) is 43.0 Å². The van der Waals surface area contributed by atoms with Gasteiger partial charge in [-0.3, -0.25) is 19.3 Å². The first-order valence-electron chi connectivity index (χ1n) is 10.5. The third-order valence-electron chi connectivity index (χ3n) is 5.02. The molecule has 1 fully saturated rings. The number of carboxylic acids is 1. The molecule has 33 heavy (non-hydrogen) atoms. The van der Waals surface area contributed by atoms with Crippen LogP contribution in [0.4, 0.5) is 0 Å². The van der Waals surface area contributed by atoms with E-state index in [-0.39, 0.29) is 18.7 Å². The Hall–Kier alpha value is -3.01. The number of amides is 2. The second-order valence-corrected chi connectivity index (χ2v) is 9.23. The van der Waals surface area contributed by atoms with Crippen LogP contribution in [0, 0.1) is 0 Å². The SMILES string of the molecule is COC(=O)CCSC1C(NC(=O)COc2ccc(C(C)C)cc2)C(=O)N1C(C(=O)O)=C(C)C. The lowest BCUT2D eigenvalue weighted by Gasteiger charge is -2.46. The van der Waals surface area contributed by atoms with Crippen molar-refractivity contribution < 1.29 is 33.8 Å². The summed E-state index contributed by atoms with van der Waals surface area (Å²) in [5.74, 6) is -1.50. The molecule has 2 atom stereocenters. The first-order valence-corrected chi connectivity index (χ1v) is 11.6. The molecule has 2 N–H and O–H groups in total. The number of ether oxygens (including phenoxy) is 2. The Morgan fingerprint density at radius 3 is 2.33 bits per heavy atom. The minimum absolute atomic E-state index is 0.0904. The second-order valence-electron chi connectivity index (χ2n) is 8.01. The van der Waals surface area contributed by atoms with Gasteiger partial charge in [-0.2, -0.15) is 0 Å². The summed E-state index contributed by atoms with van der Waals surface area (Å²) >= 11 is 1.20. The molecule has 0 radical (unpaired) electrons. The number of rotatable bonds is 11. The Balaban J connectivity index is 2.04. The lowest BCUT2D eigenvalue weighted by atomic mass is 10.0. The van der Waals surface area contributed by atoms with Crippen LogP contribution in [0.15, 0.2) is 35.5 Å². The zero-order chi connectivity index (χ0) is 24.7. The van der Waals surface area contributed by atoms with Crippen molar-refractivity contribution in [1.82, 2.24) is 10.2 Å². The maximum absolute atomic E-state index is 12.8. The normalized spacial score (nSPS) is 17.3. The van der Waals surface area contributed by atoms with Gasteiger partial charge in [0.25, 0.3) is 11.8 Å². The molecule has 1 aliphatic heterocycles. The monoisotopic (exact) mass is 478 g/mol. The zero-order valence-corrected chi connectivity index (χ0v) is 20.2. The zero-order valence-electron chi connectivity index (χ0n) is 19.4. The number of likely N-dealkylation sites (tertiary alicyclic amines) is 1. The minimum atomic E-state index is -1.24. The number of esters is 1. The number of hydrogen-bond acceptors (Lipinski definition) is 7. The summed E-state index contributed by atoms with van der Waals surface area (Å²) in [5.41, 5.74) is 1.46. The van der Waals surface area contributed by atoms with E-state index in [9.17, 15) is 24.3 Å². The number of benzene rings is 1. The summed E-state index contributed by atoms with van der Waals surface area (Å²) in [6.07, 6.45) is 0.0904. The van der Waals surface area contributed by atoms with E-state index in [1.165, 1.54) is 18.9 Å². The van der Waals surface area contributed by atoms with Gasteiger partial charge in [0.05, 0.1) is 13.5 Å². The number of carbonyl (C=O) groups excluding carboxylic acids is 3. The smallest absolute Gasteiger partial charge is 0.352 e. The largest absolute Gasteiger partial charge is 0.484 e. The number of carboxylic acid groups (broad SMARTS) is 1. The van der Waals surface area contributed by atoms with Crippen LogP contribution in [-0.4, -0.2) is 64.6 Å². The number of β-lactam (4-membered cyclic amide) rings is 1. The van der Waals surface area contributed by atoms with Crippen LogP contribution in [-0.2, 0) is 23.9 Å². The van der Waals surface area contributed by atoms with E-state index in [2.05, 4.69) is 23.9 Å². The lowest BCUT2D eigenvalue weighted by molar-refractivity contribution is -0.150. The Labute approximate surface area is 197 Å². The fraction of sp³-hybridized carbons (Fsp3) is 0.478. The molecule has 1 aromatic carbocycles. The van der Waals surface area contributed by atoms with Crippen molar-refractivity contribution in [2.45, 2.75) is 51.4 Å². The third-order valence-corrected chi connectivity index (χ3v) is 6.28. The van der Waals surface area contributed by atoms with Crippen LogP contribution >= 0.6 is 11.8 Å². The lowest BCUT2D eigenvalue weighted by Crippen LogP contribution is -2.69. The van der Waals surface area contributed by atoms with E-state index in [0.29, 0.717) is 23.0 Å². The van der Waals surface area contributed by atoms with Gasteiger partial charge in [-0.1, -0.05) is 26.0 Å². The van der Waals surface area contributed by atoms with Crippen LogP contribution in [0.1, 0.15) is 45.6 Å². The molecule has 0 spiro atoms. The summed E-state index contributed by atoms with van der Waals surface area (Å²) in [5, 5.41) is 11.5. The molecule has 0 bridgehead atoms. The molecule has 180 valence electrons. The van der Waals surface area contributed by atoms with E-state index >= 15 is 0 Å². The average molecular weight is 479 g/mol. The van der Waals surface area contributed by atoms with Crippen molar-refractivity contribution in [3.8, 4) is 5.75 Å². The Kier molecular flexibility index (Phi) is 9.33. The topological polar surface area (TPSA) is 122 Å². The first-order chi connectivity index (χ1) is 15.6. The van der Waals surface area contributed by atoms with E-state index < -0.39 is 35.2 Å². The van der Waals surface area contributed by atoms with E-state index in [1.807, 2.05) is 12.1 Å². The highest BCUT2D eigenvalue weighted by Gasteiger charge is 2.51. The quantitative estimate of drug-likeness (QED) is 0.283. The molecule has 2 unspecified atom stereocenters. The van der Waals surface area contributed by atoms with Crippen LogP contribution in [0.5, 0.6) is 5.75 Å². The minimum Gasteiger partial charge on any atom is -0.484 e. The number of nitrogens with one attached hydrogen (secondary N) is 1. The van der Waals surface area contributed by atoms with Gasteiger partial charge in [0.1, 0.15) is 22.9 Å². The Morgan fingerprint density at radius 1 is 1.18 bits per heavy atom. The summed E-state index contributed by atoms with van der Waals surface area (Å²) < 4.78 is 10.1. The highest BCUT2D eigenvalue weighted by atomic mass is 32.2. The number of hydrogen-bond donors (Lipinski definition) is 2. The van der Waals surface area contributed by atoms with Gasteiger partial charge < -0.3 is 19.9 Å². The van der Waals surface area contributed by atoms with Crippen molar-refractivity contribution in [2.24, 2.45) is 0 Å². The molecule has 0 aliphatic carbocycles. The number of thioether (sulfide) groups is 1. The number of carbonyl (C=O) groups is 4. The fourth-order valence-electron chi connectivity index (χ4n) is 3.24. The summed E-state index contributed by atoms with van der Waals surface area (Å²) in [6, 6.07) is 6.47. The Bertz CT molecular complexity index is 923. The van der Waals surface area contributed by atoms with Crippen LogP contribution in [0.3, 0.4) is 0 Å². The molecule has 2 rings (SSSR count). The molecule has 1 aliphatic rings. The maximum atomic E-state index is 12.8. The fourth-order valence-corrected chi connectivity index (χ4v) is 4.50. The molecule has 1 saturated heterocycles. The molecule has 1 heterocycles. The maximum Gasteiger partial charge on any atom is 0.352 e. The molecule has 10 heteroatoms. The van der Waals surface area contributed by atoms with Crippen molar-refractivity contribution in [3.63, 3.8) is 0 Å². The predicted molar refractivity (Wildman–Crippen MR) is 124 cm³/mol. The van der Waals surface area contributed by atoms with Crippen LogP contribution < -0.4 is 10.1 Å². The van der Waals surface area contributed by atoms with Gasteiger partial charge in [-0.15, -0.1) is 11.8 Å². The van der Waals surface area contributed by atoms with Crippen molar-refractivity contribution >= 4 is 35.5 Å². The number of nitrogens with zero attached hydrogens (tertiary/aromatic N) is 1. The van der Waals surface area contributed by atoms with E-state index in [0.717, 1.165) is 10.5 Å². The number of allylic oxidation sites excluding steroid dienone is 1. The molecule has 2 amide bonds. The standard InChI is InChI=1S/C23H30N2O7S/c1-13(2)15-6-8-16(9-7-15)32-12-17(26)24-19-21(28)25(20(14(3)4)23(29)30)22(19)33-11-10-18(27)31-5/h6-9,13,19,22H,10-12H2,1-5H3,(H,24,26)(H,29,30). The van der Waals surface area contributed by atoms with E-state index in [1.54, 1.807) is 26.0 Å². The molecular formula is C23H30N2O7S. The van der Waals surface area contributed by atoms with E-state index in [4.69, 9.17) is 4.74 Å². The van der Waals surface area contributed by atoms with Crippen molar-refractivity contribution in [3.05, 3.63) is 41.1 Å². The van der Waals surface area contributed by atoms with Crippen LogP contribution in [0.25, 0.3) is 0 Å². The summed E-state index contributed by atoms with van der Waals surface area (Å²) in [4.78, 5) is 49.5. The average Bonchev–Trinajstić information content (AvgIpc) is 2.77. The predicted octanol–water partition coefficient (Wildman–Crippen LogP) is 2.52. The highest BCUT2D eigenvalue weighted by molar-refractivity contribution is 8.00. The molecule has 0 aromatic heterocycles. The van der Waals surface area contributed by atoms with Crippen molar-refractivity contribution in [1.29, 1.82) is 0 Å². The summed E-state index contributed by atoms with van der Waals surface area (Å²) in [7, 11) is 1.28. The molecule has 9 nitrogen and oxygen atoms in total. The van der Waals surface area contributed by atoms with Gasteiger partial charge in [0.2, 0.25) is 0 Å². The number of methoxy groups -OCH3 is 1. The van der Waals surface area contributed by atoms with Gasteiger partial charge in [0, 0.05) is 5.75 Å². The van der Waals surface area contributed by atoms with Gasteiger partial charge in [0.15, 0.2) is 6.61 Å². The van der Waals surface area contributed by atoms with Crippen molar-refractivity contribution in [2.75, 3.05) is 19.5 Å². The van der Waals surface area contributed by atoms with Gasteiger partial charge >= 0.3 is 11.9 Å². The molecule has 1 aromatic rings. The molecular weight excluding hydrogens is 448 g/mol. The first kappa shape index (κ1) is 26.2. The Morgan fingerprint density at radius 2 is 1.82 bits per heavy atom. The van der Waals surface area contributed by atoms with Gasteiger partial charge in [-0.25, -0.2) is 4.79 Å². The second kappa shape index (κ2) is 11.7.